The second-order valence-corrected chi connectivity index (χ2v) is 2.13. The van der Waals surface area contributed by atoms with Crippen molar-refractivity contribution < 1.29 is 9.59 Å². The van der Waals surface area contributed by atoms with Crippen LogP contribution in [0.3, 0.4) is 0 Å². The molecule has 2 N–H and O–H groups in total. The first-order valence-electron chi connectivity index (χ1n) is 2.81. The fraction of sp³-hybridized carbons (Fsp3) is 0.667. The summed E-state index contributed by atoms with van der Waals surface area (Å²) in [5, 5.41) is 0. The summed E-state index contributed by atoms with van der Waals surface area (Å²) in [6, 6.07) is -0.506. The van der Waals surface area contributed by atoms with Crippen LogP contribution in [-0.2, 0) is 9.59 Å². The molecule has 52 valence electrons. The Balaban J connectivity index is 3.64. The highest BCUT2D eigenvalue weighted by molar-refractivity contribution is 6.00. The molecule has 0 saturated heterocycles. The summed E-state index contributed by atoms with van der Waals surface area (Å²) in [6.45, 7) is 2.95. The third-order valence-electron chi connectivity index (χ3n) is 0.931. The first-order valence-corrected chi connectivity index (χ1v) is 2.81. The molecule has 0 aliphatic carbocycles. The van der Waals surface area contributed by atoms with Gasteiger partial charge >= 0.3 is 0 Å². The summed E-state index contributed by atoms with van der Waals surface area (Å²) in [4.78, 5) is 20.9. The first kappa shape index (κ1) is 8.30. The van der Waals surface area contributed by atoms with Crippen LogP contribution >= 0.6 is 0 Å². The Bertz CT molecular complexity index is 129. The highest BCUT2D eigenvalue weighted by atomic mass is 16.1. The molecule has 0 bridgehead atoms. The van der Waals surface area contributed by atoms with Crippen molar-refractivity contribution in [2.45, 2.75) is 26.3 Å². The van der Waals surface area contributed by atoms with E-state index in [9.17, 15) is 9.59 Å². The number of hydrogen-bond donors (Lipinski definition) is 1. The summed E-state index contributed by atoms with van der Waals surface area (Å²) in [6.07, 6.45) is -0.0301. The minimum Gasteiger partial charge on any atom is -0.322 e. The summed E-state index contributed by atoms with van der Waals surface area (Å²) in [5.41, 5.74) is 5.18. The van der Waals surface area contributed by atoms with Gasteiger partial charge in [-0.1, -0.05) is 0 Å². The molecule has 1 unspecified atom stereocenters. The predicted molar refractivity (Wildman–Crippen MR) is 34.0 cm³/mol. The Kier molecular flexibility index (Phi) is 3.09. The number of Topliss-reactive ketones (excluding diaryl/α,β-unsaturated/α-hetero) is 2. The van der Waals surface area contributed by atoms with Gasteiger partial charge in [0.15, 0.2) is 5.78 Å². The molecule has 0 amide bonds. The summed E-state index contributed by atoms with van der Waals surface area (Å²) >= 11 is 0. The van der Waals surface area contributed by atoms with Gasteiger partial charge in [-0.15, -0.1) is 0 Å². The van der Waals surface area contributed by atoms with Crippen LogP contribution in [0.1, 0.15) is 20.3 Å². The van der Waals surface area contributed by atoms with Crippen molar-refractivity contribution in [1.82, 2.24) is 0 Å². The van der Waals surface area contributed by atoms with Crippen LogP contribution in [0.25, 0.3) is 0 Å². The third-order valence-corrected chi connectivity index (χ3v) is 0.931. The van der Waals surface area contributed by atoms with Gasteiger partial charge in [0.2, 0.25) is 0 Å². The van der Waals surface area contributed by atoms with Gasteiger partial charge in [0.25, 0.3) is 0 Å². The molecule has 0 radical (unpaired) electrons. The summed E-state index contributed by atoms with van der Waals surface area (Å²) < 4.78 is 0. The first-order chi connectivity index (χ1) is 4.04. The zero-order valence-corrected chi connectivity index (χ0v) is 5.68. The van der Waals surface area contributed by atoms with Gasteiger partial charge in [0.1, 0.15) is 5.78 Å². The van der Waals surface area contributed by atoms with Crippen LogP contribution in [0.4, 0.5) is 0 Å². The number of nitrogens with two attached hydrogens (primary N) is 1. The van der Waals surface area contributed by atoms with Crippen LogP contribution in [-0.4, -0.2) is 17.6 Å². The standard InChI is InChI=1S/C6H11NO2/c1-4(8)3-6(9)5(2)7/h5H,3,7H2,1-2H3. The lowest BCUT2D eigenvalue weighted by Crippen LogP contribution is -2.27. The Labute approximate surface area is 54.2 Å². The van der Waals surface area contributed by atoms with Gasteiger partial charge < -0.3 is 5.73 Å². The molecule has 1 atom stereocenters. The summed E-state index contributed by atoms with van der Waals surface area (Å²) in [7, 11) is 0. The Morgan fingerprint density at radius 1 is 1.56 bits per heavy atom. The molecule has 0 aromatic rings. The van der Waals surface area contributed by atoms with E-state index in [4.69, 9.17) is 5.73 Å². The van der Waals surface area contributed by atoms with Crippen molar-refractivity contribution in [2.24, 2.45) is 5.73 Å². The Morgan fingerprint density at radius 3 is 2.11 bits per heavy atom. The molecule has 0 rings (SSSR count). The largest absolute Gasteiger partial charge is 0.322 e. The molecule has 0 aromatic carbocycles. The number of rotatable bonds is 3. The van der Waals surface area contributed by atoms with E-state index in [1.807, 2.05) is 0 Å². The minimum absolute atomic E-state index is 0.0301. The van der Waals surface area contributed by atoms with Gasteiger partial charge in [0, 0.05) is 0 Å². The SMILES string of the molecule is CC(=O)CC(=O)C(C)N. The minimum atomic E-state index is -0.506. The zero-order valence-electron chi connectivity index (χ0n) is 5.68. The predicted octanol–water partition coefficient (Wildman–Crippen LogP) is -0.118. The summed E-state index contributed by atoms with van der Waals surface area (Å²) in [5.74, 6) is -0.320. The van der Waals surface area contributed by atoms with E-state index in [2.05, 4.69) is 0 Å². The van der Waals surface area contributed by atoms with E-state index in [1.54, 1.807) is 6.92 Å². The molecule has 0 aliphatic rings. The van der Waals surface area contributed by atoms with Gasteiger partial charge in [-0.3, -0.25) is 9.59 Å². The molecule has 3 nitrogen and oxygen atoms in total. The maximum Gasteiger partial charge on any atom is 0.156 e. The van der Waals surface area contributed by atoms with Crippen LogP contribution < -0.4 is 5.73 Å². The Hall–Kier alpha value is -0.700. The van der Waals surface area contributed by atoms with Crippen LogP contribution in [0.2, 0.25) is 0 Å². The van der Waals surface area contributed by atoms with Crippen molar-refractivity contribution in [3.05, 3.63) is 0 Å². The highest BCUT2D eigenvalue weighted by Gasteiger charge is 2.08. The van der Waals surface area contributed by atoms with E-state index in [-0.39, 0.29) is 18.0 Å². The van der Waals surface area contributed by atoms with Gasteiger partial charge in [0.05, 0.1) is 12.5 Å². The highest BCUT2D eigenvalue weighted by Crippen LogP contribution is 1.87. The number of ketones is 2. The number of carbonyl (C=O) groups is 2. The van der Waals surface area contributed by atoms with Crippen LogP contribution in [0.15, 0.2) is 0 Å². The molecular formula is C6H11NO2. The van der Waals surface area contributed by atoms with Gasteiger partial charge in [-0.05, 0) is 13.8 Å². The molecule has 0 saturated carbocycles. The monoisotopic (exact) mass is 129 g/mol. The van der Waals surface area contributed by atoms with Crippen molar-refractivity contribution in [2.75, 3.05) is 0 Å². The second-order valence-electron chi connectivity index (χ2n) is 2.13. The molecule has 0 aliphatic heterocycles. The van der Waals surface area contributed by atoms with Crippen LogP contribution in [0.5, 0.6) is 0 Å². The van der Waals surface area contributed by atoms with E-state index < -0.39 is 6.04 Å². The lowest BCUT2D eigenvalue weighted by molar-refractivity contribution is -0.126. The van der Waals surface area contributed by atoms with Crippen molar-refractivity contribution in [1.29, 1.82) is 0 Å². The van der Waals surface area contributed by atoms with Crippen molar-refractivity contribution in [3.63, 3.8) is 0 Å². The topological polar surface area (TPSA) is 60.2 Å². The van der Waals surface area contributed by atoms with E-state index in [0.717, 1.165) is 0 Å². The zero-order chi connectivity index (χ0) is 7.44. The van der Waals surface area contributed by atoms with E-state index in [0.29, 0.717) is 0 Å². The average molecular weight is 129 g/mol. The maximum absolute atomic E-state index is 10.6. The van der Waals surface area contributed by atoms with Crippen molar-refractivity contribution in [3.8, 4) is 0 Å². The number of carbonyl (C=O) groups excluding carboxylic acids is 2. The molecule has 0 spiro atoms. The number of hydrogen-bond acceptors (Lipinski definition) is 3. The van der Waals surface area contributed by atoms with Crippen LogP contribution in [0, 0.1) is 0 Å². The molecule has 3 heteroatoms. The fourth-order valence-corrected chi connectivity index (χ4v) is 0.406. The van der Waals surface area contributed by atoms with E-state index in [1.165, 1.54) is 6.92 Å². The van der Waals surface area contributed by atoms with Gasteiger partial charge in [-0.2, -0.15) is 0 Å². The average Bonchev–Trinajstić information content (AvgIpc) is 1.63. The molecule has 9 heavy (non-hydrogen) atoms. The molecule has 0 heterocycles. The smallest absolute Gasteiger partial charge is 0.156 e. The normalized spacial score (nSPS) is 12.8. The Morgan fingerprint density at radius 2 is 2.00 bits per heavy atom. The molecular weight excluding hydrogens is 118 g/mol. The quantitative estimate of drug-likeness (QED) is 0.540. The van der Waals surface area contributed by atoms with Crippen molar-refractivity contribution >= 4 is 11.6 Å². The maximum atomic E-state index is 10.6. The third kappa shape index (κ3) is 3.85. The van der Waals surface area contributed by atoms with Gasteiger partial charge in [-0.25, -0.2) is 0 Å². The van der Waals surface area contributed by atoms with E-state index >= 15 is 0 Å². The lowest BCUT2D eigenvalue weighted by Gasteiger charge is -1.98. The lowest BCUT2D eigenvalue weighted by atomic mass is 10.1. The fourth-order valence-electron chi connectivity index (χ4n) is 0.406. The molecule has 0 fully saturated rings. The second kappa shape index (κ2) is 3.35. The molecule has 0 aromatic heterocycles.